The molecule has 0 unspecified atom stereocenters. The zero-order chi connectivity index (χ0) is 19.7. The summed E-state index contributed by atoms with van der Waals surface area (Å²) in [5.74, 6) is -0.498. The van der Waals surface area contributed by atoms with E-state index < -0.39 is 35.0 Å². The lowest BCUT2D eigenvalue weighted by atomic mass is 10.0. The highest BCUT2D eigenvalue weighted by Crippen LogP contribution is 2.44. The van der Waals surface area contributed by atoms with Crippen molar-refractivity contribution < 1.29 is 24.4 Å². The number of nitro benzene ring substituents is 1. The Hall–Kier alpha value is -3.69. The highest BCUT2D eigenvalue weighted by molar-refractivity contribution is 6.25. The van der Waals surface area contributed by atoms with Crippen molar-refractivity contribution in [2.45, 2.75) is 24.5 Å². The predicted octanol–water partition coefficient (Wildman–Crippen LogP) is 2.02. The van der Waals surface area contributed by atoms with Crippen LogP contribution in [0.1, 0.15) is 6.42 Å². The van der Waals surface area contributed by atoms with Crippen molar-refractivity contribution in [1.29, 1.82) is 0 Å². The maximum Gasteiger partial charge on any atom is 0.407 e. The molecule has 3 fully saturated rings. The van der Waals surface area contributed by atoms with E-state index in [4.69, 9.17) is 0 Å². The van der Waals surface area contributed by atoms with Crippen molar-refractivity contribution in [2.24, 2.45) is 0 Å². The smallest absolute Gasteiger partial charge is 0.407 e. The third-order valence-electron chi connectivity index (χ3n) is 5.83. The molecule has 0 spiro atoms. The zero-order valence-electron chi connectivity index (χ0n) is 14.4. The van der Waals surface area contributed by atoms with Gasteiger partial charge in [0.1, 0.15) is 6.04 Å². The largest absolute Gasteiger partial charge is 0.465 e. The molecule has 3 aliphatic heterocycles. The predicted molar refractivity (Wildman–Crippen MR) is 96.0 cm³/mol. The number of amides is 4. The number of urea groups is 1. The van der Waals surface area contributed by atoms with Gasteiger partial charge in [-0.1, -0.05) is 18.2 Å². The summed E-state index contributed by atoms with van der Waals surface area (Å²) < 4.78 is 0. The van der Waals surface area contributed by atoms with Crippen LogP contribution >= 0.6 is 0 Å². The molecule has 0 radical (unpaired) electrons. The van der Waals surface area contributed by atoms with E-state index in [1.807, 2.05) is 0 Å². The number of hydrogen-bond acceptors (Lipinski definition) is 5. The normalized spacial score (nSPS) is 25.7. The summed E-state index contributed by atoms with van der Waals surface area (Å²) >= 11 is 0. The first-order valence-corrected chi connectivity index (χ1v) is 8.72. The van der Waals surface area contributed by atoms with Gasteiger partial charge in [-0.25, -0.2) is 14.5 Å². The SMILES string of the molecule is O=C1[C@H]2[C@@H]3C[C@@H](CN3C(=O)O)N2C(=O)N1c1ccc([N+](=O)[O-])c2ccccc12. The number of rotatable bonds is 2. The molecule has 5 rings (SSSR count). The molecular weight excluding hydrogens is 368 g/mol. The Bertz CT molecular complexity index is 1080. The van der Waals surface area contributed by atoms with Gasteiger partial charge in [0.25, 0.3) is 11.6 Å². The van der Waals surface area contributed by atoms with Crippen LogP contribution in [0.3, 0.4) is 0 Å². The Morgan fingerprint density at radius 2 is 1.86 bits per heavy atom. The summed E-state index contributed by atoms with van der Waals surface area (Å²) in [5.41, 5.74) is 0.156. The molecule has 3 saturated heterocycles. The summed E-state index contributed by atoms with van der Waals surface area (Å²) in [6, 6.07) is 6.94. The molecule has 10 nitrogen and oxygen atoms in total. The topological polar surface area (TPSA) is 124 Å². The van der Waals surface area contributed by atoms with Gasteiger partial charge in [0.05, 0.1) is 28.1 Å². The molecule has 3 heterocycles. The number of nitrogens with zero attached hydrogens (tertiary/aromatic N) is 4. The third kappa shape index (κ3) is 1.94. The Morgan fingerprint density at radius 3 is 2.54 bits per heavy atom. The number of carboxylic acid groups (broad SMARTS) is 1. The number of fused-ring (bicyclic) bond motifs is 6. The molecular formula is C18H14N4O6. The summed E-state index contributed by atoms with van der Waals surface area (Å²) in [5, 5.41) is 21.4. The number of hydrogen-bond donors (Lipinski definition) is 1. The number of anilines is 1. The van der Waals surface area contributed by atoms with E-state index in [0.29, 0.717) is 17.2 Å². The summed E-state index contributed by atoms with van der Waals surface area (Å²) in [7, 11) is 0. The van der Waals surface area contributed by atoms with E-state index in [-0.39, 0.29) is 24.0 Å². The van der Waals surface area contributed by atoms with E-state index >= 15 is 0 Å². The van der Waals surface area contributed by atoms with Crippen molar-refractivity contribution in [2.75, 3.05) is 11.4 Å². The number of piperazine rings is 1. The molecule has 4 amide bonds. The van der Waals surface area contributed by atoms with Crippen LogP contribution in [-0.2, 0) is 4.79 Å². The van der Waals surface area contributed by atoms with Crippen LogP contribution in [-0.4, -0.2) is 62.5 Å². The fourth-order valence-corrected chi connectivity index (χ4v) is 4.72. The maximum atomic E-state index is 13.1. The molecule has 2 aromatic carbocycles. The van der Waals surface area contributed by atoms with Crippen molar-refractivity contribution in [1.82, 2.24) is 9.80 Å². The van der Waals surface area contributed by atoms with Gasteiger partial charge in [-0.2, -0.15) is 0 Å². The van der Waals surface area contributed by atoms with Crippen molar-refractivity contribution >= 4 is 40.2 Å². The molecule has 3 atom stereocenters. The molecule has 0 aliphatic carbocycles. The quantitative estimate of drug-likeness (QED) is 0.481. The Labute approximate surface area is 157 Å². The molecule has 3 aliphatic rings. The highest BCUT2D eigenvalue weighted by Gasteiger charge is 2.63. The molecule has 142 valence electrons. The van der Waals surface area contributed by atoms with E-state index in [1.54, 1.807) is 24.3 Å². The van der Waals surface area contributed by atoms with Gasteiger partial charge in [0.15, 0.2) is 0 Å². The van der Waals surface area contributed by atoms with Crippen LogP contribution in [0.2, 0.25) is 0 Å². The lowest BCUT2D eigenvalue weighted by molar-refractivity contribution is -0.383. The minimum atomic E-state index is -1.10. The second-order valence-corrected chi connectivity index (χ2v) is 7.11. The fraction of sp³-hybridized carbons (Fsp3) is 0.278. The highest BCUT2D eigenvalue weighted by atomic mass is 16.6. The molecule has 0 aromatic heterocycles. The molecule has 28 heavy (non-hydrogen) atoms. The average Bonchev–Trinajstić information content (AvgIpc) is 3.33. The van der Waals surface area contributed by atoms with Gasteiger partial charge < -0.3 is 14.9 Å². The van der Waals surface area contributed by atoms with Crippen LogP contribution in [0.4, 0.5) is 21.0 Å². The van der Waals surface area contributed by atoms with Gasteiger partial charge in [-0.05, 0) is 18.6 Å². The fourth-order valence-electron chi connectivity index (χ4n) is 4.72. The van der Waals surface area contributed by atoms with Crippen LogP contribution in [0.15, 0.2) is 36.4 Å². The van der Waals surface area contributed by atoms with Gasteiger partial charge >= 0.3 is 12.1 Å². The second kappa shape index (κ2) is 5.41. The lowest BCUT2D eigenvalue weighted by Crippen LogP contribution is -2.54. The number of imide groups is 1. The molecule has 2 bridgehead atoms. The van der Waals surface area contributed by atoms with E-state index in [0.717, 1.165) is 4.90 Å². The van der Waals surface area contributed by atoms with Crippen LogP contribution in [0.25, 0.3) is 10.8 Å². The van der Waals surface area contributed by atoms with Crippen LogP contribution in [0.5, 0.6) is 0 Å². The van der Waals surface area contributed by atoms with E-state index in [2.05, 4.69) is 0 Å². The van der Waals surface area contributed by atoms with Gasteiger partial charge in [0.2, 0.25) is 0 Å². The molecule has 1 N–H and O–H groups in total. The number of benzene rings is 2. The molecule has 10 heteroatoms. The second-order valence-electron chi connectivity index (χ2n) is 7.11. The van der Waals surface area contributed by atoms with Gasteiger partial charge in [0, 0.05) is 18.0 Å². The number of carbonyl (C=O) groups excluding carboxylic acids is 2. The summed E-state index contributed by atoms with van der Waals surface area (Å²) in [4.78, 5) is 52.1. The maximum absolute atomic E-state index is 13.1. The van der Waals surface area contributed by atoms with Crippen molar-refractivity contribution in [3.63, 3.8) is 0 Å². The Balaban J connectivity index is 1.62. The van der Waals surface area contributed by atoms with Crippen LogP contribution < -0.4 is 4.90 Å². The Kier molecular flexibility index (Phi) is 3.18. The average molecular weight is 382 g/mol. The lowest BCUT2D eigenvalue weighted by Gasteiger charge is -2.32. The third-order valence-corrected chi connectivity index (χ3v) is 5.83. The summed E-state index contributed by atoms with van der Waals surface area (Å²) in [6.07, 6.45) is -0.657. The first kappa shape index (κ1) is 16.5. The molecule has 2 aromatic rings. The van der Waals surface area contributed by atoms with Gasteiger partial charge in [-0.15, -0.1) is 0 Å². The number of carbonyl (C=O) groups is 3. The minimum Gasteiger partial charge on any atom is -0.465 e. The zero-order valence-corrected chi connectivity index (χ0v) is 14.4. The Morgan fingerprint density at radius 1 is 1.14 bits per heavy atom. The monoisotopic (exact) mass is 382 g/mol. The minimum absolute atomic E-state index is 0.115. The van der Waals surface area contributed by atoms with E-state index in [9.17, 15) is 29.6 Å². The van der Waals surface area contributed by atoms with E-state index in [1.165, 1.54) is 21.9 Å². The number of likely N-dealkylation sites (tertiary alicyclic amines) is 1. The first-order valence-electron chi connectivity index (χ1n) is 8.72. The van der Waals surface area contributed by atoms with Crippen molar-refractivity contribution in [3.8, 4) is 0 Å². The van der Waals surface area contributed by atoms with Crippen LogP contribution in [0, 0.1) is 10.1 Å². The first-order chi connectivity index (χ1) is 13.4. The standard InChI is InChI=1S/C18H14N4O6/c23-16-15-14-7-9(8-19(14)18(25)26)20(15)17(24)21(16)12-5-6-13(22(27)28)11-4-2-1-3-10(11)12/h1-6,9,14-15H,7-8H2,(H,25,26)/t9-,14-,15+/m0/s1. The number of non-ortho nitro benzene ring substituents is 1. The molecule has 0 saturated carbocycles. The van der Waals surface area contributed by atoms with Crippen molar-refractivity contribution in [3.05, 3.63) is 46.5 Å². The van der Waals surface area contributed by atoms with Gasteiger partial charge in [-0.3, -0.25) is 14.9 Å². The summed E-state index contributed by atoms with van der Waals surface area (Å²) in [6.45, 7) is 0.185. The number of nitro groups is 1.